The maximum Gasteiger partial charge on any atom is 0.321 e. The predicted molar refractivity (Wildman–Crippen MR) is 118 cm³/mol. The summed E-state index contributed by atoms with van der Waals surface area (Å²) in [5, 5.41) is 13.9. The van der Waals surface area contributed by atoms with Crippen LogP contribution in [0, 0.1) is 0 Å². The van der Waals surface area contributed by atoms with Crippen molar-refractivity contribution >= 4 is 48.7 Å². The van der Waals surface area contributed by atoms with Gasteiger partial charge in [0.05, 0.1) is 15.6 Å². The first-order valence-electron chi connectivity index (χ1n) is 9.11. The molecule has 0 saturated carbocycles. The number of benzene rings is 2. The van der Waals surface area contributed by atoms with Crippen LogP contribution in [0.1, 0.15) is 24.5 Å². The Morgan fingerprint density at radius 1 is 1.25 bits per heavy atom. The van der Waals surface area contributed by atoms with Crippen molar-refractivity contribution in [3.05, 3.63) is 62.7 Å². The minimum atomic E-state index is -0.869. The first kappa shape index (κ1) is 20.9. The van der Waals surface area contributed by atoms with Crippen LogP contribution in [0.25, 0.3) is 10.9 Å². The summed E-state index contributed by atoms with van der Waals surface area (Å²) >= 11 is 7.07. The zero-order chi connectivity index (χ0) is 20.1. The normalized spacial score (nSPS) is 12.2. The summed E-state index contributed by atoms with van der Waals surface area (Å²) < 4.78 is 7.42. The van der Waals surface area contributed by atoms with Gasteiger partial charge in [-0.2, -0.15) is 0 Å². The van der Waals surface area contributed by atoms with Crippen molar-refractivity contribution in [2.24, 2.45) is 0 Å². The largest absolute Gasteiger partial charge is 0.491 e. The van der Waals surface area contributed by atoms with E-state index < -0.39 is 12.0 Å². The summed E-state index contributed by atoms with van der Waals surface area (Å²) in [6, 6.07) is 11.1. The number of rotatable bonds is 9. The van der Waals surface area contributed by atoms with Crippen LogP contribution >= 0.6 is 31.9 Å². The van der Waals surface area contributed by atoms with Gasteiger partial charge in [-0.1, -0.05) is 25.1 Å². The van der Waals surface area contributed by atoms with Crippen molar-refractivity contribution in [1.82, 2.24) is 10.3 Å². The second-order valence-electron chi connectivity index (χ2n) is 6.57. The van der Waals surface area contributed by atoms with Gasteiger partial charge in [-0.25, -0.2) is 0 Å². The van der Waals surface area contributed by atoms with Gasteiger partial charge in [0, 0.05) is 30.1 Å². The highest BCUT2D eigenvalue weighted by molar-refractivity contribution is 9.11. The van der Waals surface area contributed by atoms with Gasteiger partial charge in [0.25, 0.3) is 0 Å². The number of aromatic nitrogens is 1. The highest BCUT2D eigenvalue weighted by atomic mass is 79.9. The molecule has 0 spiro atoms. The van der Waals surface area contributed by atoms with Gasteiger partial charge >= 0.3 is 5.97 Å². The van der Waals surface area contributed by atoms with E-state index in [-0.39, 0.29) is 0 Å². The van der Waals surface area contributed by atoms with Gasteiger partial charge in [-0.05, 0) is 67.6 Å². The number of hydrogen-bond donors (Lipinski definition) is 3. The predicted octanol–water partition coefficient (Wildman–Crippen LogP) is 5.27. The number of carboxylic acids is 1. The third-order valence-electron chi connectivity index (χ3n) is 4.46. The molecular formula is C21H22Br2N2O3. The Kier molecular flexibility index (Phi) is 7.15. The summed E-state index contributed by atoms with van der Waals surface area (Å²) in [6.07, 6.45) is 3.21. The van der Waals surface area contributed by atoms with Crippen molar-refractivity contribution in [3.8, 4) is 5.75 Å². The average molecular weight is 510 g/mol. The standard InChI is InChI=1S/C21H22Br2N2O3/c1-2-7-28-20-16(22)8-13(9-17(20)23)11-24-19(21(26)27)10-14-12-25-18-6-4-3-5-15(14)18/h3-6,8-9,12,19,24-25H,2,7,10-11H2,1H3,(H,26,27). The maximum absolute atomic E-state index is 11.8. The molecule has 0 saturated heterocycles. The van der Waals surface area contributed by atoms with E-state index >= 15 is 0 Å². The molecule has 3 rings (SSSR count). The number of aromatic amines is 1. The molecule has 148 valence electrons. The molecule has 0 radical (unpaired) electrons. The van der Waals surface area contributed by atoms with Crippen LogP contribution in [0.15, 0.2) is 51.5 Å². The number of carboxylic acid groups (broad SMARTS) is 1. The highest BCUT2D eigenvalue weighted by Crippen LogP contribution is 2.35. The molecular weight excluding hydrogens is 488 g/mol. The molecule has 1 unspecified atom stereocenters. The lowest BCUT2D eigenvalue weighted by Gasteiger charge is -2.16. The Balaban J connectivity index is 1.71. The summed E-state index contributed by atoms with van der Waals surface area (Å²) in [5.41, 5.74) is 2.96. The van der Waals surface area contributed by atoms with Gasteiger partial charge in [0.1, 0.15) is 11.8 Å². The number of nitrogens with one attached hydrogen (secondary N) is 2. The summed E-state index contributed by atoms with van der Waals surface area (Å²) in [6.45, 7) is 3.13. The number of ether oxygens (including phenoxy) is 1. The molecule has 5 nitrogen and oxygen atoms in total. The van der Waals surface area contributed by atoms with E-state index in [9.17, 15) is 9.90 Å². The van der Waals surface area contributed by atoms with Crippen LogP contribution in [0.2, 0.25) is 0 Å². The molecule has 28 heavy (non-hydrogen) atoms. The summed E-state index contributed by atoms with van der Waals surface area (Å²) in [7, 11) is 0. The minimum Gasteiger partial charge on any atom is -0.491 e. The molecule has 7 heteroatoms. The Morgan fingerprint density at radius 3 is 2.64 bits per heavy atom. The molecule has 3 aromatic rings. The van der Waals surface area contributed by atoms with E-state index in [1.165, 1.54) is 0 Å². The lowest BCUT2D eigenvalue weighted by Crippen LogP contribution is -2.38. The Hall–Kier alpha value is -1.83. The molecule has 0 aliphatic heterocycles. The fourth-order valence-corrected chi connectivity index (χ4v) is 4.57. The molecule has 0 bridgehead atoms. The second kappa shape index (κ2) is 9.58. The lowest BCUT2D eigenvalue weighted by atomic mass is 10.0. The summed E-state index contributed by atoms with van der Waals surface area (Å²) in [4.78, 5) is 15.0. The Labute approximate surface area is 180 Å². The number of H-pyrrole nitrogens is 1. The number of aliphatic carboxylic acids is 1. The maximum atomic E-state index is 11.8. The number of para-hydroxylation sites is 1. The van der Waals surface area contributed by atoms with E-state index in [2.05, 4.69) is 49.1 Å². The third kappa shape index (κ3) is 4.96. The Morgan fingerprint density at radius 2 is 1.96 bits per heavy atom. The fourth-order valence-electron chi connectivity index (χ4n) is 3.06. The first-order valence-corrected chi connectivity index (χ1v) is 10.7. The van der Waals surface area contributed by atoms with Crippen LogP contribution < -0.4 is 10.1 Å². The van der Waals surface area contributed by atoms with Gasteiger partial charge in [-0.3, -0.25) is 4.79 Å². The van der Waals surface area contributed by atoms with Crippen LogP contribution in [-0.2, 0) is 17.8 Å². The second-order valence-corrected chi connectivity index (χ2v) is 8.28. The van der Waals surface area contributed by atoms with Gasteiger partial charge < -0.3 is 20.1 Å². The molecule has 1 heterocycles. The van der Waals surface area contributed by atoms with Gasteiger partial charge in [0.2, 0.25) is 0 Å². The van der Waals surface area contributed by atoms with E-state index in [4.69, 9.17) is 4.74 Å². The van der Waals surface area contributed by atoms with Gasteiger partial charge in [0.15, 0.2) is 0 Å². The van der Waals surface area contributed by atoms with Crippen molar-refractivity contribution in [1.29, 1.82) is 0 Å². The van der Waals surface area contributed by atoms with Crippen LogP contribution in [0.5, 0.6) is 5.75 Å². The smallest absolute Gasteiger partial charge is 0.321 e. The minimum absolute atomic E-state index is 0.402. The quantitative estimate of drug-likeness (QED) is 0.367. The van der Waals surface area contributed by atoms with Crippen molar-refractivity contribution in [2.75, 3.05) is 6.61 Å². The van der Waals surface area contributed by atoms with Crippen LogP contribution in [-0.4, -0.2) is 28.7 Å². The SMILES string of the molecule is CCCOc1c(Br)cc(CNC(Cc2c[nH]c3ccccc23)C(=O)O)cc1Br. The number of carbonyl (C=O) groups is 1. The van der Waals surface area contributed by atoms with Crippen LogP contribution in [0.4, 0.5) is 0 Å². The fraction of sp³-hybridized carbons (Fsp3) is 0.286. The van der Waals surface area contributed by atoms with Crippen LogP contribution in [0.3, 0.4) is 0 Å². The zero-order valence-electron chi connectivity index (χ0n) is 15.5. The monoisotopic (exact) mass is 508 g/mol. The van der Waals surface area contributed by atoms with Crippen molar-refractivity contribution in [3.63, 3.8) is 0 Å². The molecule has 1 aromatic heterocycles. The van der Waals surface area contributed by atoms with Gasteiger partial charge in [-0.15, -0.1) is 0 Å². The van der Waals surface area contributed by atoms with E-state index in [0.717, 1.165) is 43.1 Å². The molecule has 3 N–H and O–H groups in total. The molecule has 2 aromatic carbocycles. The number of hydrogen-bond acceptors (Lipinski definition) is 3. The molecule has 0 aliphatic rings. The average Bonchev–Trinajstić information content (AvgIpc) is 3.07. The lowest BCUT2D eigenvalue weighted by molar-refractivity contribution is -0.139. The van der Waals surface area contributed by atoms with Crippen molar-refractivity contribution < 1.29 is 14.6 Å². The third-order valence-corrected chi connectivity index (χ3v) is 5.64. The number of halogens is 2. The summed E-state index contributed by atoms with van der Waals surface area (Å²) in [5.74, 6) is -0.106. The van der Waals surface area contributed by atoms with E-state index in [1.54, 1.807) is 0 Å². The molecule has 0 fully saturated rings. The topological polar surface area (TPSA) is 74.3 Å². The van der Waals surface area contributed by atoms with E-state index in [0.29, 0.717) is 19.6 Å². The first-order chi connectivity index (χ1) is 13.5. The molecule has 0 amide bonds. The van der Waals surface area contributed by atoms with E-state index in [1.807, 2.05) is 42.6 Å². The van der Waals surface area contributed by atoms with Crippen molar-refractivity contribution in [2.45, 2.75) is 32.4 Å². The zero-order valence-corrected chi connectivity index (χ0v) is 18.6. The highest BCUT2D eigenvalue weighted by Gasteiger charge is 2.19. The molecule has 0 aliphatic carbocycles. The number of fused-ring (bicyclic) bond motifs is 1. The molecule has 1 atom stereocenters. The Bertz CT molecular complexity index is 948.